The van der Waals surface area contributed by atoms with Gasteiger partial charge in [0.2, 0.25) is 0 Å². The van der Waals surface area contributed by atoms with Crippen LogP contribution in [0.1, 0.15) is 50.2 Å². The minimum atomic E-state index is -0.141. The fourth-order valence-corrected chi connectivity index (χ4v) is 3.87. The van der Waals surface area contributed by atoms with E-state index in [1.807, 2.05) is 11.0 Å². The summed E-state index contributed by atoms with van der Waals surface area (Å²) in [6.07, 6.45) is 4.99. The predicted molar refractivity (Wildman–Crippen MR) is 99.2 cm³/mol. The molecule has 2 heterocycles. The third kappa shape index (κ3) is 4.95. The zero-order chi connectivity index (χ0) is 17.6. The molecule has 3 rings (SSSR count). The van der Waals surface area contributed by atoms with Crippen molar-refractivity contribution in [2.75, 3.05) is 19.6 Å². The molecular formula is C20H31N3O2. The normalized spacial score (nSPS) is 22.8. The maximum absolute atomic E-state index is 12.5. The SMILES string of the molecule is CC1CCCCN1C(=O)NCc1ccccc1CN1CCC(O)CC1. The smallest absolute Gasteiger partial charge is 0.317 e. The lowest BCUT2D eigenvalue weighted by atomic mass is 10.0. The number of aliphatic hydroxyl groups is 1. The van der Waals surface area contributed by atoms with Crippen molar-refractivity contribution < 1.29 is 9.90 Å². The van der Waals surface area contributed by atoms with Gasteiger partial charge in [0.25, 0.3) is 0 Å². The number of hydrogen-bond acceptors (Lipinski definition) is 3. The number of nitrogens with one attached hydrogen (secondary N) is 1. The van der Waals surface area contributed by atoms with Crippen molar-refractivity contribution in [2.24, 2.45) is 0 Å². The molecule has 2 N–H and O–H groups in total. The number of nitrogens with zero attached hydrogens (tertiary/aromatic N) is 2. The van der Waals surface area contributed by atoms with Gasteiger partial charge in [-0.15, -0.1) is 0 Å². The highest BCUT2D eigenvalue weighted by molar-refractivity contribution is 5.74. The molecule has 1 unspecified atom stereocenters. The van der Waals surface area contributed by atoms with E-state index in [0.29, 0.717) is 12.6 Å². The predicted octanol–water partition coefficient (Wildman–Crippen LogP) is 2.73. The first kappa shape index (κ1) is 18.2. The maximum atomic E-state index is 12.5. The molecule has 0 aromatic heterocycles. The van der Waals surface area contributed by atoms with Crippen molar-refractivity contribution in [3.8, 4) is 0 Å². The summed E-state index contributed by atoms with van der Waals surface area (Å²) in [5.74, 6) is 0. The number of rotatable bonds is 4. The fraction of sp³-hybridized carbons (Fsp3) is 0.650. The Morgan fingerprint density at radius 3 is 2.56 bits per heavy atom. The van der Waals surface area contributed by atoms with Crippen LogP contribution in [0.25, 0.3) is 0 Å². The number of urea groups is 1. The largest absolute Gasteiger partial charge is 0.393 e. The van der Waals surface area contributed by atoms with Crippen LogP contribution in [-0.2, 0) is 13.1 Å². The molecule has 25 heavy (non-hydrogen) atoms. The van der Waals surface area contributed by atoms with E-state index in [9.17, 15) is 9.90 Å². The molecule has 2 saturated heterocycles. The zero-order valence-electron chi connectivity index (χ0n) is 15.3. The number of carbonyl (C=O) groups excluding carboxylic acids is 1. The standard InChI is InChI=1S/C20H31N3O2/c1-16-6-4-5-11-23(16)20(25)21-14-17-7-2-3-8-18(17)15-22-12-9-19(24)10-13-22/h2-3,7-8,16,19,24H,4-6,9-15H2,1H3,(H,21,25). The molecule has 1 atom stereocenters. The highest BCUT2D eigenvalue weighted by Gasteiger charge is 2.23. The molecule has 0 radical (unpaired) electrons. The van der Waals surface area contributed by atoms with Crippen molar-refractivity contribution in [3.05, 3.63) is 35.4 Å². The third-order valence-electron chi connectivity index (χ3n) is 5.56. The highest BCUT2D eigenvalue weighted by Crippen LogP contribution is 2.18. The van der Waals surface area contributed by atoms with E-state index in [2.05, 4.69) is 35.3 Å². The van der Waals surface area contributed by atoms with Crippen LogP contribution in [0.3, 0.4) is 0 Å². The molecule has 2 fully saturated rings. The Hall–Kier alpha value is -1.59. The second-order valence-corrected chi connectivity index (χ2v) is 7.47. The number of piperidine rings is 2. The van der Waals surface area contributed by atoms with Crippen LogP contribution in [-0.4, -0.2) is 52.7 Å². The summed E-state index contributed by atoms with van der Waals surface area (Å²) in [5.41, 5.74) is 2.46. The first-order chi connectivity index (χ1) is 12.1. The summed E-state index contributed by atoms with van der Waals surface area (Å²) < 4.78 is 0. The van der Waals surface area contributed by atoms with Crippen molar-refractivity contribution in [2.45, 2.75) is 64.3 Å². The van der Waals surface area contributed by atoms with Gasteiger partial charge in [-0.25, -0.2) is 4.79 Å². The molecule has 0 aliphatic carbocycles. The van der Waals surface area contributed by atoms with Crippen LogP contribution in [0.4, 0.5) is 4.79 Å². The minimum absolute atomic E-state index is 0.0584. The summed E-state index contributed by atoms with van der Waals surface area (Å²) in [6, 6.07) is 8.75. The van der Waals surface area contributed by atoms with E-state index in [1.165, 1.54) is 17.5 Å². The summed E-state index contributed by atoms with van der Waals surface area (Å²) in [4.78, 5) is 16.9. The van der Waals surface area contributed by atoms with Gasteiger partial charge in [0.15, 0.2) is 0 Å². The molecule has 2 aliphatic heterocycles. The van der Waals surface area contributed by atoms with Crippen molar-refractivity contribution in [1.82, 2.24) is 15.1 Å². The van der Waals surface area contributed by atoms with E-state index in [-0.39, 0.29) is 12.1 Å². The van der Waals surface area contributed by atoms with E-state index < -0.39 is 0 Å². The summed E-state index contributed by atoms with van der Waals surface area (Å²) in [6.45, 7) is 6.34. The van der Waals surface area contributed by atoms with E-state index in [1.54, 1.807) is 0 Å². The van der Waals surface area contributed by atoms with E-state index in [0.717, 1.165) is 51.9 Å². The van der Waals surface area contributed by atoms with Crippen LogP contribution in [0.2, 0.25) is 0 Å². The molecule has 0 bridgehead atoms. The Kier molecular flexibility index (Phi) is 6.32. The first-order valence-corrected chi connectivity index (χ1v) is 9.65. The monoisotopic (exact) mass is 345 g/mol. The Morgan fingerprint density at radius 1 is 1.12 bits per heavy atom. The van der Waals surface area contributed by atoms with Crippen LogP contribution >= 0.6 is 0 Å². The molecule has 5 nitrogen and oxygen atoms in total. The number of hydrogen-bond donors (Lipinski definition) is 2. The Bertz CT molecular complexity index is 570. The molecular weight excluding hydrogens is 314 g/mol. The summed E-state index contributed by atoms with van der Waals surface area (Å²) >= 11 is 0. The lowest BCUT2D eigenvalue weighted by Crippen LogP contribution is -2.47. The number of benzene rings is 1. The molecule has 0 spiro atoms. The molecule has 1 aromatic carbocycles. The molecule has 0 saturated carbocycles. The van der Waals surface area contributed by atoms with Crippen LogP contribution < -0.4 is 5.32 Å². The van der Waals surface area contributed by atoms with Crippen LogP contribution in [0.5, 0.6) is 0 Å². The first-order valence-electron chi connectivity index (χ1n) is 9.65. The molecule has 2 amide bonds. The molecule has 2 aliphatic rings. The lowest BCUT2D eigenvalue weighted by molar-refractivity contribution is 0.0791. The topological polar surface area (TPSA) is 55.8 Å². The van der Waals surface area contributed by atoms with Crippen LogP contribution in [0.15, 0.2) is 24.3 Å². The summed E-state index contributed by atoms with van der Waals surface area (Å²) in [5, 5.41) is 12.8. The Labute approximate surface area is 151 Å². The third-order valence-corrected chi connectivity index (χ3v) is 5.56. The van der Waals surface area contributed by atoms with Crippen molar-refractivity contribution in [3.63, 3.8) is 0 Å². The summed E-state index contributed by atoms with van der Waals surface area (Å²) in [7, 11) is 0. The highest BCUT2D eigenvalue weighted by atomic mass is 16.3. The number of amides is 2. The van der Waals surface area contributed by atoms with Gasteiger partial charge in [0.1, 0.15) is 0 Å². The maximum Gasteiger partial charge on any atom is 0.317 e. The molecule has 5 heteroatoms. The Morgan fingerprint density at radius 2 is 1.84 bits per heavy atom. The average Bonchev–Trinajstić information content (AvgIpc) is 2.63. The zero-order valence-corrected chi connectivity index (χ0v) is 15.3. The van der Waals surface area contributed by atoms with Gasteiger partial charge in [-0.2, -0.15) is 0 Å². The van der Waals surface area contributed by atoms with E-state index >= 15 is 0 Å². The second kappa shape index (κ2) is 8.68. The average molecular weight is 345 g/mol. The molecule has 138 valence electrons. The fourth-order valence-electron chi connectivity index (χ4n) is 3.87. The van der Waals surface area contributed by atoms with Gasteiger partial charge in [-0.3, -0.25) is 4.90 Å². The van der Waals surface area contributed by atoms with Gasteiger partial charge >= 0.3 is 6.03 Å². The van der Waals surface area contributed by atoms with Gasteiger partial charge in [0, 0.05) is 38.8 Å². The van der Waals surface area contributed by atoms with Gasteiger partial charge < -0.3 is 15.3 Å². The van der Waals surface area contributed by atoms with Gasteiger partial charge in [-0.1, -0.05) is 24.3 Å². The van der Waals surface area contributed by atoms with Crippen molar-refractivity contribution >= 4 is 6.03 Å². The van der Waals surface area contributed by atoms with Crippen molar-refractivity contribution in [1.29, 1.82) is 0 Å². The van der Waals surface area contributed by atoms with Gasteiger partial charge in [-0.05, 0) is 50.2 Å². The number of aliphatic hydroxyl groups excluding tert-OH is 1. The quantitative estimate of drug-likeness (QED) is 0.882. The van der Waals surface area contributed by atoms with E-state index in [4.69, 9.17) is 0 Å². The Balaban J connectivity index is 1.56. The van der Waals surface area contributed by atoms with Crippen LogP contribution in [0, 0.1) is 0 Å². The molecule has 1 aromatic rings. The lowest BCUT2D eigenvalue weighted by Gasteiger charge is -2.33. The van der Waals surface area contributed by atoms with Gasteiger partial charge in [0.05, 0.1) is 6.10 Å². The minimum Gasteiger partial charge on any atom is -0.393 e. The number of likely N-dealkylation sites (tertiary alicyclic amines) is 2. The number of carbonyl (C=O) groups is 1. The second-order valence-electron chi connectivity index (χ2n) is 7.47.